The molecule has 8 heteroatoms. The number of nitrogens with one attached hydrogen (secondary N) is 1. The molecule has 6 nitrogen and oxygen atoms in total. The van der Waals surface area contributed by atoms with Crippen molar-refractivity contribution in [2.75, 3.05) is 5.32 Å². The van der Waals surface area contributed by atoms with Crippen LogP contribution in [-0.4, -0.2) is 15.3 Å². The first-order chi connectivity index (χ1) is 14.0. The Morgan fingerprint density at radius 3 is 2.86 bits per heavy atom. The van der Waals surface area contributed by atoms with Crippen LogP contribution in [0, 0.1) is 6.92 Å². The molecule has 1 N–H and O–H groups in total. The molecule has 0 radical (unpaired) electrons. The number of thiazole rings is 1. The zero-order chi connectivity index (χ0) is 20.4. The minimum Gasteiger partial charge on any atom is -0.485 e. The molecule has 0 aliphatic carbocycles. The highest BCUT2D eigenvalue weighted by molar-refractivity contribution is 7.15. The summed E-state index contributed by atoms with van der Waals surface area (Å²) in [5.74, 6) is 0.183. The van der Waals surface area contributed by atoms with Crippen molar-refractivity contribution in [1.82, 2.24) is 9.38 Å². The van der Waals surface area contributed by atoms with Gasteiger partial charge < -0.3 is 10.1 Å². The summed E-state index contributed by atoms with van der Waals surface area (Å²) in [5.41, 5.74) is 2.19. The van der Waals surface area contributed by atoms with Gasteiger partial charge in [0.25, 0.3) is 11.5 Å². The highest BCUT2D eigenvalue weighted by Gasteiger charge is 2.12. The number of carbonyl (C=O) groups is 1. The number of carbonyl (C=O) groups excluding carboxylic acids is 1. The Hall–Kier alpha value is -3.16. The van der Waals surface area contributed by atoms with Crippen LogP contribution in [-0.2, 0) is 6.61 Å². The lowest BCUT2D eigenvalue weighted by atomic mass is 10.2. The van der Waals surface area contributed by atoms with Gasteiger partial charge in [-0.2, -0.15) is 0 Å². The third-order valence-electron chi connectivity index (χ3n) is 4.23. The quantitative estimate of drug-likeness (QED) is 0.509. The van der Waals surface area contributed by atoms with E-state index in [4.69, 9.17) is 16.3 Å². The summed E-state index contributed by atoms with van der Waals surface area (Å²) >= 11 is 7.36. The molecule has 4 rings (SSSR count). The predicted octanol–water partition coefficient (Wildman–Crippen LogP) is 4.55. The largest absolute Gasteiger partial charge is 0.485 e. The maximum Gasteiger partial charge on any atom is 0.259 e. The van der Waals surface area contributed by atoms with Gasteiger partial charge in [-0.3, -0.25) is 14.0 Å². The Morgan fingerprint density at radius 2 is 2.03 bits per heavy atom. The number of halogens is 1. The van der Waals surface area contributed by atoms with E-state index in [9.17, 15) is 9.59 Å². The number of aryl methyl sites for hydroxylation is 1. The Kier molecular flexibility index (Phi) is 5.33. The minimum atomic E-state index is -0.296. The normalized spacial score (nSPS) is 10.8. The number of para-hydroxylation sites is 2. The van der Waals surface area contributed by atoms with Crippen LogP contribution >= 0.6 is 22.9 Å². The number of nitrogens with zero attached hydrogens (tertiary/aromatic N) is 2. The third kappa shape index (κ3) is 4.16. The molecule has 0 aliphatic rings. The van der Waals surface area contributed by atoms with Crippen molar-refractivity contribution in [2.24, 2.45) is 0 Å². The number of ether oxygens (including phenoxy) is 1. The minimum absolute atomic E-state index is 0.104. The first-order valence-electron chi connectivity index (χ1n) is 8.77. The lowest BCUT2D eigenvalue weighted by Gasteiger charge is -2.12. The van der Waals surface area contributed by atoms with E-state index in [2.05, 4.69) is 10.3 Å². The summed E-state index contributed by atoms with van der Waals surface area (Å²) in [6.07, 6.45) is 0. The molecular formula is C21H16ClN3O3S. The zero-order valence-electron chi connectivity index (χ0n) is 15.4. The first kappa shape index (κ1) is 19.2. The fraction of sp³-hybridized carbons (Fsp3) is 0.0952. The van der Waals surface area contributed by atoms with Gasteiger partial charge in [-0.25, -0.2) is 4.98 Å². The standard InChI is InChI=1S/C21H16ClN3O3S/c1-13-12-29-21-23-16(10-19(26)25(13)21)11-28-18-8-3-2-7-17(18)24-20(27)14-5-4-6-15(22)9-14/h2-10,12H,11H2,1H3,(H,24,27). The van der Waals surface area contributed by atoms with E-state index in [-0.39, 0.29) is 18.1 Å². The maximum atomic E-state index is 12.5. The number of anilines is 1. The van der Waals surface area contributed by atoms with Crippen molar-refractivity contribution in [3.8, 4) is 5.75 Å². The molecule has 29 heavy (non-hydrogen) atoms. The van der Waals surface area contributed by atoms with E-state index >= 15 is 0 Å². The number of amides is 1. The van der Waals surface area contributed by atoms with Crippen molar-refractivity contribution < 1.29 is 9.53 Å². The summed E-state index contributed by atoms with van der Waals surface area (Å²) in [6.45, 7) is 1.97. The molecule has 0 fully saturated rings. The molecule has 0 spiro atoms. The van der Waals surface area contributed by atoms with Gasteiger partial charge in [-0.15, -0.1) is 11.3 Å². The van der Waals surface area contributed by atoms with Crippen molar-refractivity contribution in [1.29, 1.82) is 0 Å². The van der Waals surface area contributed by atoms with Gasteiger partial charge in [-0.05, 0) is 37.3 Å². The number of hydrogen-bond donors (Lipinski definition) is 1. The van der Waals surface area contributed by atoms with Crippen molar-refractivity contribution in [2.45, 2.75) is 13.5 Å². The predicted molar refractivity (Wildman–Crippen MR) is 114 cm³/mol. The smallest absolute Gasteiger partial charge is 0.259 e. The first-order valence-corrected chi connectivity index (χ1v) is 10.0. The van der Waals surface area contributed by atoms with Crippen LogP contribution in [0.1, 0.15) is 21.7 Å². The second-order valence-electron chi connectivity index (χ2n) is 6.33. The van der Waals surface area contributed by atoms with Crippen LogP contribution in [0.25, 0.3) is 4.96 Å². The lowest BCUT2D eigenvalue weighted by molar-refractivity contribution is 0.102. The number of fused-ring (bicyclic) bond motifs is 1. The van der Waals surface area contributed by atoms with Crippen LogP contribution in [0.4, 0.5) is 5.69 Å². The van der Waals surface area contributed by atoms with Gasteiger partial charge >= 0.3 is 0 Å². The van der Waals surface area contributed by atoms with Crippen LogP contribution in [0.15, 0.2) is 64.8 Å². The molecule has 0 unspecified atom stereocenters. The molecule has 2 aromatic heterocycles. The molecule has 146 valence electrons. The Bertz CT molecular complexity index is 1270. The molecule has 0 saturated heterocycles. The second kappa shape index (κ2) is 8.06. The van der Waals surface area contributed by atoms with E-state index in [1.807, 2.05) is 12.3 Å². The SMILES string of the molecule is Cc1csc2nc(COc3ccccc3NC(=O)c3cccc(Cl)c3)cc(=O)n12. The van der Waals surface area contributed by atoms with E-state index in [0.29, 0.717) is 32.7 Å². The fourth-order valence-corrected chi connectivity index (χ4v) is 3.93. The number of benzene rings is 2. The highest BCUT2D eigenvalue weighted by Crippen LogP contribution is 2.25. The van der Waals surface area contributed by atoms with Crippen LogP contribution < -0.4 is 15.6 Å². The highest BCUT2D eigenvalue weighted by atomic mass is 35.5. The Morgan fingerprint density at radius 1 is 1.21 bits per heavy atom. The average Bonchev–Trinajstić information content (AvgIpc) is 3.08. The van der Waals surface area contributed by atoms with Crippen LogP contribution in [0.2, 0.25) is 5.02 Å². The summed E-state index contributed by atoms with van der Waals surface area (Å²) in [4.78, 5) is 29.9. The van der Waals surface area contributed by atoms with E-state index in [1.54, 1.807) is 52.9 Å². The Labute approximate surface area is 175 Å². The van der Waals surface area contributed by atoms with Gasteiger partial charge in [0, 0.05) is 27.7 Å². The van der Waals surface area contributed by atoms with Crippen molar-refractivity contribution >= 4 is 39.5 Å². The molecule has 2 aromatic carbocycles. The van der Waals surface area contributed by atoms with E-state index < -0.39 is 0 Å². The molecule has 2 heterocycles. The van der Waals surface area contributed by atoms with E-state index in [0.717, 1.165) is 5.69 Å². The molecule has 0 atom stereocenters. The average molecular weight is 426 g/mol. The molecular weight excluding hydrogens is 410 g/mol. The maximum absolute atomic E-state index is 12.5. The fourth-order valence-electron chi connectivity index (χ4n) is 2.85. The molecule has 0 saturated carbocycles. The van der Waals surface area contributed by atoms with Gasteiger partial charge in [0.05, 0.1) is 11.4 Å². The zero-order valence-corrected chi connectivity index (χ0v) is 17.0. The molecule has 0 aliphatic heterocycles. The summed E-state index contributed by atoms with van der Waals surface area (Å²) in [5, 5.41) is 5.20. The monoisotopic (exact) mass is 425 g/mol. The van der Waals surface area contributed by atoms with Gasteiger partial charge in [0.2, 0.25) is 0 Å². The van der Waals surface area contributed by atoms with Crippen molar-refractivity contribution in [3.63, 3.8) is 0 Å². The summed E-state index contributed by atoms with van der Waals surface area (Å²) < 4.78 is 7.41. The van der Waals surface area contributed by atoms with Crippen LogP contribution in [0.3, 0.4) is 0 Å². The summed E-state index contributed by atoms with van der Waals surface area (Å²) in [6, 6.07) is 15.2. The Balaban J connectivity index is 1.53. The van der Waals surface area contributed by atoms with Crippen molar-refractivity contribution in [3.05, 3.63) is 92.3 Å². The number of rotatable bonds is 5. The third-order valence-corrected chi connectivity index (χ3v) is 5.40. The second-order valence-corrected chi connectivity index (χ2v) is 7.60. The number of aromatic nitrogens is 2. The number of hydrogen-bond acceptors (Lipinski definition) is 5. The van der Waals surface area contributed by atoms with Gasteiger partial charge in [0.1, 0.15) is 12.4 Å². The topological polar surface area (TPSA) is 72.7 Å². The van der Waals surface area contributed by atoms with Crippen LogP contribution in [0.5, 0.6) is 5.75 Å². The molecule has 1 amide bonds. The van der Waals surface area contributed by atoms with Gasteiger partial charge in [0.15, 0.2) is 4.96 Å². The molecule has 4 aromatic rings. The van der Waals surface area contributed by atoms with Gasteiger partial charge in [-0.1, -0.05) is 29.8 Å². The van der Waals surface area contributed by atoms with E-state index in [1.165, 1.54) is 17.4 Å². The lowest BCUT2D eigenvalue weighted by Crippen LogP contribution is -2.16. The summed E-state index contributed by atoms with van der Waals surface area (Å²) in [7, 11) is 0. The molecule has 0 bridgehead atoms.